The van der Waals surface area contributed by atoms with Crippen LogP contribution in [-0.2, 0) is 6.42 Å². The van der Waals surface area contributed by atoms with Gasteiger partial charge in [0.25, 0.3) is 0 Å². The maximum absolute atomic E-state index is 3.44. The summed E-state index contributed by atoms with van der Waals surface area (Å²) < 4.78 is 0. The molecule has 1 rings (SSSR count). The monoisotopic (exact) mass is 240 g/mol. The lowest BCUT2D eigenvalue weighted by molar-refractivity contribution is 0.862. The third-order valence-corrected chi connectivity index (χ3v) is 2.81. The Morgan fingerprint density at radius 1 is 1.15 bits per heavy atom. The van der Waals surface area contributed by atoms with Crippen molar-refractivity contribution in [2.75, 3.05) is 5.33 Å². The molecule has 1 aromatic carbocycles. The van der Waals surface area contributed by atoms with Crippen molar-refractivity contribution in [1.29, 1.82) is 0 Å². The predicted octanol–water partition coefficient (Wildman–Crippen LogP) is 4.14. The van der Waals surface area contributed by atoms with Crippen molar-refractivity contribution in [2.45, 2.75) is 32.6 Å². The Labute approximate surface area is 89.5 Å². The van der Waals surface area contributed by atoms with E-state index in [9.17, 15) is 0 Å². The molecular weight excluding hydrogens is 224 g/mol. The molecule has 0 N–H and O–H groups in total. The van der Waals surface area contributed by atoms with Crippen LogP contribution in [0, 0.1) is 0 Å². The van der Waals surface area contributed by atoms with Crippen molar-refractivity contribution in [1.82, 2.24) is 0 Å². The van der Waals surface area contributed by atoms with Gasteiger partial charge < -0.3 is 0 Å². The topological polar surface area (TPSA) is 0 Å². The van der Waals surface area contributed by atoms with E-state index in [4.69, 9.17) is 0 Å². The van der Waals surface area contributed by atoms with Crippen LogP contribution in [0.2, 0.25) is 0 Å². The van der Waals surface area contributed by atoms with Gasteiger partial charge in [-0.25, -0.2) is 0 Å². The van der Waals surface area contributed by atoms with Crippen molar-refractivity contribution in [3.05, 3.63) is 35.4 Å². The Morgan fingerprint density at radius 3 is 2.23 bits per heavy atom. The van der Waals surface area contributed by atoms with E-state index in [-0.39, 0.29) is 0 Å². The minimum atomic E-state index is 0.644. The largest absolute Gasteiger partial charge is 0.0928 e. The molecule has 0 atom stereocenters. The molecule has 0 saturated carbocycles. The summed E-state index contributed by atoms with van der Waals surface area (Å²) >= 11 is 3.44. The summed E-state index contributed by atoms with van der Waals surface area (Å²) in [5, 5.41) is 1.10. The summed E-state index contributed by atoms with van der Waals surface area (Å²) in [6, 6.07) is 8.98. The molecule has 0 aromatic heterocycles. The van der Waals surface area contributed by atoms with E-state index < -0.39 is 0 Å². The summed E-state index contributed by atoms with van der Waals surface area (Å²) in [6.07, 6.45) is 2.41. The van der Waals surface area contributed by atoms with Gasteiger partial charge in [0.05, 0.1) is 0 Å². The third-order valence-electron chi connectivity index (χ3n) is 2.25. The van der Waals surface area contributed by atoms with Crippen LogP contribution in [0.25, 0.3) is 0 Å². The minimum Gasteiger partial charge on any atom is -0.0928 e. The van der Waals surface area contributed by atoms with Gasteiger partial charge >= 0.3 is 0 Å². The first-order chi connectivity index (χ1) is 6.24. The van der Waals surface area contributed by atoms with Gasteiger partial charge in [0, 0.05) is 5.33 Å². The lowest BCUT2D eigenvalue weighted by Gasteiger charge is -2.06. The maximum atomic E-state index is 3.44. The third kappa shape index (κ3) is 3.51. The quantitative estimate of drug-likeness (QED) is 0.695. The van der Waals surface area contributed by atoms with E-state index in [2.05, 4.69) is 54.0 Å². The van der Waals surface area contributed by atoms with Crippen molar-refractivity contribution in [2.24, 2.45) is 0 Å². The number of aryl methyl sites for hydroxylation is 1. The highest BCUT2D eigenvalue weighted by molar-refractivity contribution is 9.09. The molecule has 0 bridgehead atoms. The van der Waals surface area contributed by atoms with Gasteiger partial charge in [-0.3, -0.25) is 0 Å². The van der Waals surface area contributed by atoms with Crippen molar-refractivity contribution in [3.63, 3.8) is 0 Å². The summed E-state index contributed by atoms with van der Waals surface area (Å²) in [7, 11) is 0. The highest BCUT2D eigenvalue weighted by Gasteiger charge is 1.98. The van der Waals surface area contributed by atoms with Crippen molar-refractivity contribution >= 4 is 15.9 Å². The molecule has 0 heterocycles. The second kappa shape index (κ2) is 5.43. The fourth-order valence-electron chi connectivity index (χ4n) is 1.34. The molecule has 0 spiro atoms. The zero-order valence-electron chi connectivity index (χ0n) is 8.39. The van der Waals surface area contributed by atoms with E-state index in [1.165, 1.54) is 24.0 Å². The SMILES string of the molecule is CC(C)c1ccc(CCCBr)cc1. The van der Waals surface area contributed by atoms with Crippen molar-refractivity contribution in [3.8, 4) is 0 Å². The Morgan fingerprint density at radius 2 is 1.77 bits per heavy atom. The maximum Gasteiger partial charge on any atom is 0.00344 e. The second-order valence-corrected chi connectivity index (χ2v) is 4.48. The number of halogens is 1. The first kappa shape index (κ1) is 10.8. The molecule has 0 aliphatic heterocycles. The molecule has 0 saturated heterocycles. The lowest BCUT2D eigenvalue weighted by Crippen LogP contribution is -1.89. The highest BCUT2D eigenvalue weighted by Crippen LogP contribution is 2.15. The molecule has 0 aliphatic carbocycles. The van der Waals surface area contributed by atoms with Gasteiger partial charge in [-0.1, -0.05) is 54.0 Å². The predicted molar refractivity (Wildman–Crippen MR) is 62.6 cm³/mol. The first-order valence-electron chi connectivity index (χ1n) is 4.89. The average Bonchev–Trinajstić information content (AvgIpc) is 2.15. The average molecular weight is 241 g/mol. The van der Waals surface area contributed by atoms with Crippen molar-refractivity contribution < 1.29 is 0 Å². The molecule has 1 heteroatoms. The Hall–Kier alpha value is -0.300. The standard InChI is InChI=1S/C12H17Br/c1-10(2)12-7-5-11(6-8-12)4-3-9-13/h5-8,10H,3-4,9H2,1-2H3. The van der Waals surface area contributed by atoms with Crippen LogP contribution < -0.4 is 0 Å². The number of hydrogen-bond acceptors (Lipinski definition) is 0. The zero-order valence-corrected chi connectivity index (χ0v) is 9.97. The molecule has 0 nitrogen and oxygen atoms in total. The molecule has 0 amide bonds. The van der Waals surface area contributed by atoms with Gasteiger partial charge in [-0.05, 0) is 29.9 Å². The number of hydrogen-bond donors (Lipinski definition) is 0. The van der Waals surface area contributed by atoms with Crippen LogP contribution in [0.5, 0.6) is 0 Å². The molecule has 0 aliphatic rings. The molecule has 0 fully saturated rings. The molecule has 0 radical (unpaired) electrons. The summed E-state index contributed by atoms with van der Waals surface area (Å²) in [4.78, 5) is 0. The van der Waals surface area contributed by atoms with Gasteiger partial charge in [-0.2, -0.15) is 0 Å². The highest BCUT2D eigenvalue weighted by atomic mass is 79.9. The molecular formula is C12H17Br. The summed E-state index contributed by atoms with van der Waals surface area (Å²) in [5.41, 5.74) is 2.88. The number of benzene rings is 1. The molecule has 72 valence electrons. The fraction of sp³-hybridized carbons (Fsp3) is 0.500. The van der Waals surface area contributed by atoms with Crippen LogP contribution in [0.1, 0.15) is 37.3 Å². The second-order valence-electron chi connectivity index (χ2n) is 3.69. The smallest absolute Gasteiger partial charge is 0.00344 e. The molecule has 0 unspecified atom stereocenters. The van der Waals surface area contributed by atoms with E-state index in [0.717, 1.165) is 5.33 Å². The number of alkyl halides is 1. The van der Waals surface area contributed by atoms with E-state index in [1.807, 2.05) is 0 Å². The van der Waals surface area contributed by atoms with E-state index in [1.54, 1.807) is 0 Å². The van der Waals surface area contributed by atoms with Gasteiger partial charge in [0.2, 0.25) is 0 Å². The van der Waals surface area contributed by atoms with Crippen LogP contribution in [0.15, 0.2) is 24.3 Å². The van der Waals surface area contributed by atoms with E-state index >= 15 is 0 Å². The van der Waals surface area contributed by atoms with Crippen LogP contribution in [-0.4, -0.2) is 5.33 Å². The Balaban J connectivity index is 2.59. The normalized spacial score (nSPS) is 10.8. The summed E-state index contributed by atoms with van der Waals surface area (Å²) in [5.74, 6) is 0.644. The van der Waals surface area contributed by atoms with Gasteiger partial charge in [-0.15, -0.1) is 0 Å². The zero-order chi connectivity index (χ0) is 9.68. The van der Waals surface area contributed by atoms with Crippen LogP contribution in [0.4, 0.5) is 0 Å². The lowest BCUT2D eigenvalue weighted by atomic mass is 10.0. The minimum absolute atomic E-state index is 0.644. The van der Waals surface area contributed by atoms with Crippen LogP contribution in [0.3, 0.4) is 0 Å². The van der Waals surface area contributed by atoms with Gasteiger partial charge in [0.1, 0.15) is 0 Å². The van der Waals surface area contributed by atoms with Gasteiger partial charge in [0.15, 0.2) is 0 Å². The Bertz CT molecular complexity index is 236. The molecule has 1 aromatic rings. The number of rotatable bonds is 4. The van der Waals surface area contributed by atoms with E-state index in [0.29, 0.717) is 5.92 Å². The molecule has 13 heavy (non-hydrogen) atoms. The Kier molecular flexibility index (Phi) is 4.51. The van der Waals surface area contributed by atoms with Crippen LogP contribution >= 0.6 is 15.9 Å². The fourth-order valence-corrected chi connectivity index (χ4v) is 1.62. The summed E-state index contributed by atoms with van der Waals surface area (Å²) in [6.45, 7) is 4.46. The first-order valence-corrected chi connectivity index (χ1v) is 6.01.